The molecule has 3 N–H and O–H groups in total. The Morgan fingerprint density at radius 1 is 1.40 bits per heavy atom. The average molecular weight is 383 g/mol. The number of nitrogens with two attached hydrogens (primary N) is 1. The van der Waals surface area contributed by atoms with Crippen molar-refractivity contribution < 1.29 is 9.13 Å². The second-order valence-corrected chi connectivity index (χ2v) is 5.14. The normalized spacial score (nSPS) is 9.90. The number of nitriles is 1. The first-order valence-electron chi connectivity index (χ1n) is 5.65. The fraction of sp³-hybridized carbons (Fsp3) is 0.0714. The van der Waals surface area contributed by atoms with Gasteiger partial charge in [-0.25, -0.2) is 4.39 Å². The number of nitrogens with zero attached hydrogens (tertiary/aromatic N) is 1. The molecule has 0 spiro atoms. The summed E-state index contributed by atoms with van der Waals surface area (Å²) in [4.78, 5) is 0. The van der Waals surface area contributed by atoms with Crippen molar-refractivity contribution in [1.29, 1.82) is 5.26 Å². The van der Waals surface area contributed by atoms with Crippen molar-refractivity contribution in [3.8, 4) is 11.8 Å². The molecule has 6 heteroatoms. The predicted octanol–water partition coefficient (Wildman–Crippen LogP) is 3.64. The number of methoxy groups -OCH3 is 1. The molecule has 102 valence electrons. The lowest BCUT2D eigenvalue weighted by Gasteiger charge is -2.14. The maximum absolute atomic E-state index is 13.6. The molecule has 0 aliphatic heterocycles. The standard InChI is InChI=1S/C14H11FIN3O/c1-20-13-4-2-3-8(7-17)14(13)19-12-5-9(15)10(16)6-11(12)18/h2-6,19H,18H2,1H3. The maximum atomic E-state index is 13.6. The molecule has 0 unspecified atom stereocenters. The monoisotopic (exact) mass is 383 g/mol. The summed E-state index contributed by atoms with van der Waals surface area (Å²) in [5.74, 6) is 0.109. The number of rotatable bonds is 3. The van der Waals surface area contributed by atoms with Crippen molar-refractivity contribution in [2.75, 3.05) is 18.2 Å². The summed E-state index contributed by atoms with van der Waals surface area (Å²) in [6, 6.07) is 9.94. The van der Waals surface area contributed by atoms with E-state index in [1.165, 1.54) is 19.2 Å². The van der Waals surface area contributed by atoms with Crippen LogP contribution in [0.5, 0.6) is 5.75 Å². The average Bonchev–Trinajstić information content (AvgIpc) is 2.44. The molecule has 0 heterocycles. The molecule has 2 aromatic carbocycles. The lowest BCUT2D eigenvalue weighted by molar-refractivity contribution is 0.416. The maximum Gasteiger partial charge on any atom is 0.143 e. The quantitative estimate of drug-likeness (QED) is 0.627. The van der Waals surface area contributed by atoms with E-state index < -0.39 is 0 Å². The highest BCUT2D eigenvalue weighted by Crippen LogP contribution is 2.34. The van der Waals surface area contributed by atoms with Crippen LogP contribution in [0, 0.1) is 20.7 Å². The van der Waals surface area contributed by atoms with Crippen LogP contribution in [0.25, 0.3) is 0 Å². The third-order valence-electron chi connectivity index (χ3n) is 2.72. The molecule has 0 radical (unpaired) electrons. The van der Waals surface area contributed by atoms with Crippen LogP contribution in [0.2, 0.25) is 0 Å². The highest BCUT2D eigenvalue weighted by atomic mass is 127. The lowest BCUT2D eigenvalue weighted by atomic mass is 10.1. The van der Waals surface area contributed by atoms with Crippen LogP contribution in [0.1, 0.15) is 5.56 Å². The van der Waals surface area contributed by atoms with Gasteiger partial charge in [0.1, 0.15) is 17.6 Å². The molecule has 0 aromatic heterocycles. The first-order chi connectivity index (χ1) is 9.56. The van der Waals surface area contributed by atoms with Crippen molar-refractivity contribution >= 4 is 39.7 Å². The molecule has 2 aromatic rings. The second-order valence-electron chi connectivity index (χ2n) is 3.97. The van der Waals surface area contributed by atoms with Gasteiger partial charge in [0.25, 0.3) is 0 Å². The highest BCUT2D eigenvalue weighted by molar-refractivity contribution is 14.1. The Balaban J connectivity index is 2.50. The zero-order valence-corrected chi connectivity index (χ0v) is 12.7. The largest absolute Gasteiger partial charge is 0.495 e. The van der Waals surface area contributed by atoms with Crippen molar-refractivity contribution in [3.63, 3.8) is 0 Å². The molecule has 0 amide bonds. The van der Waals surface area contributed by atoms with Gasteiger partial charge >= 0.3 is 0 Å². The minimum absolute atomic E-state index is 0.379. The second kappa shape index (κ2) is 5.96. The third-order valence-corrected chi connectivity index (χ3v) is 3.55. The molecule has 0 aliphatic rings. The van der Waals surface area contributed by atoms with Gasteiger partial charge in [-0.3, -0.25) is 0 Å². The number of para-hydroxylation sites is 1. The van der Waals surface area contributed by atoms with Crippen molar-refractivity contribution in [3.05, 3.63) is 45.3 Å². The van der Waals surface area contributed by atoms with Crippen LogP contribution in [-0.2, 0) is 0 Å². The molecule has 0 bridgehead atoms. The minimum Gasteiger partial charge on any atom is -0.495 e. The summed E-state index contributed by atoms with van der Waals surface area (Å²) in [7, 11) is 1.50. The number of ether oxygens (including phenoxy) is 1. The zero-order valence-electron chi connectivity index (χ0n) is 10.6. The molecule has 0 saturated carbocycles. The van der Waals surface area contributed by atoms with E-state index in [-0.39, 0.29) is 5.82 Å². The molecular formula is C14H11FIN3O. The van der Waals surface area contributed by atoms with Crippen LogP contribution in [-0.4, -0.2) is 7.11 Å². The van der Waals surface area contributed by atoms with Crippen molar-refractivity contribution in [2.24, 2.45) is 0 Å². The summed E-state index contributed by atoms with van der Waals surface area (Å²) in [6.45, 7) is 0. The fourth-order valence-corrected chi connectivity index (χ4v) is 2.22. The number of hydrogen-bond acceptors (Lipinski definition) is 4. The van der Waals surface area contributed by atoms with Gasteiger partial charge in [0.05, 0.1) is 33.3 Å². The zero-order chi connectivity index (χ0) is 14.7. The van der Waals surface area contributed by atoms with E-state index in [4.69, 9.17) is 15.7 Å². The Morgan fingerprint density at radius 2 is 2.15 bits per heavy atom. The van der Waals surface area contributed by atoms with Gasteiger partial charge in [-0.2, -0.15) is 5.26 Å². The number of halogens is 2. The van der Waals surface area contributed by atoms with E-state index in [9.17, 15) is 4.39 Å². The third kappa shape index (κ3) is 2.77. The van der Waals surface area contributed by atoms with E-state index in [1.807, 2.05) is 22.6 Å². The van der Waals surface area contributed by atoms with Gasteiger partial charge in [0.15, 0.2) is 0 Å². The molecule has 0 atom stereocenters. The van der Waals surface area contributed by atoms with E-state index in [0.717, 1.165) is 0 Å². The number of hydrogen-bond donors (Lipinski definition) is 2. The number of nitrogen functional groups attached to an aromatic ring is 1. The Labute approximate surface area is 129 Å². The number of anilines is 3. The van der Waals surface area contributed by atoms with Gasteiger partial charge in [0, 0.05) is 6.07 Å². The summed E-state index contributed by atoms with van der Waals surface area (Å²) in [5, 5.41) is 12.1. The van der Waals surface area contributed by atoms with E-state index in [1.54, 1.807) is 18.2 Å². The topological polar surface area (TPSA) is 71.1 Å². The number of benzene rings is 2. The van der Waals surface area contributed by atoms with Gasteiger partial charge in [0.2, 0.25) is 0 Å². The Morgan fingerprint density at radius 3 is 2.80 bits per heavy atom. The molecule has 0 fully saturated rings. The Bertz CT molecular complexity index is 698. The number of nitrogens with one attached hydrogen (secondary N) is 1. The summed E-state index contributed by atoms with van der Waals surface area (Å²) >= 11 is 1.87. The molecule has 20 heavy (non-hydrogen) atoms. The first kappa shape index (κ1) is 14.4. The minimum atomic E-state index is -0.379. The van der Waals surface area contributed by atoms with Crippen molar-refractivity contribution in [1.82, 2.24) is 0 Å². The first-order valence-corrected chi connectivity index (χ1v) is 6.73. The Kier molecular flexibility index (Phi) is 4.29. The Hall–Kier alpha value is -2.01. The molecule has 0 saturated heterocycles. The summed E-state index contributed by atoms with van der Waals surface area (Å²) in [5.41, 5.74) is 7.50. The van der Waals surface area contributed by atoms with Crippen LogP contribution in [0.4, 0.5) is 21.5 Å². The van der Waals surface area contributed by atoms with Gasteiger partial charge in [-0.05, 0) is 40.8 Å². The molecular weight excluding hydrogens is 372 g/mol. The van der Waals surface area contributed by atoms with Gasteiger partial charge < -0.3 is 15.8 Å². The van der Waals surface area contributed by atoms with Crippen LogP contribution in [0.3, 0.4) is 0 Å². The van der Waals surface area contributed by atoms with Gasteiger partial charge in [-0.1, -0.05) is 6.07 Å². The van der Waals surface area contributed by atoms with E-state index in [0.29, 0.717) is 31.9 Å². The lowest BCUT2D eigenvalue weighted by Crippen LogP contribution is -2.02. The van der Waals surface area contributed by atoms with Crippen LogP contribution < -0.4 is 15.8 Å². The molecule has 2 rings (SSSR count). The highest BCUT2D eigenvalue weighted by Gasteiger charge is 2.12. The van der Waals surface area contributed by atoms with Crippen molar-refractivity contribution in [2.45, 2.75) is 0 Å². The summed E-state index contributed by atoms with van der Waals surface area (Å²) in [6.07, 6.45) is 0. The van der Waals surface area contributed by atoms with Crippen LogP contribution in [0.15, 0.2) is 30.3 Å². The SMILES string of the molecule is COc1cccc(C#N)c1Nc1cc(F)c(I)cc1N. The van der Waals surface area contributed by atoms with Gasteiger partial charge in [-0.15, -0.1) is 0 Å². The van der Waals surface area contributed by atoms with E-state index in [2.05, 4.69) is 11.4 Å². The summed E-state index contributed by atoms with van der Waals surface area (Å²) < 4.78 is 19.3. The van der Waals surface area contributed by atoms with E-state index >= 15 is 0 Å². The molecule has 4 nitrogen and oxygen atoms in total. The predicted molar refractivity (Wildman–Crippen MR) is 84.5 cm³/mol. The fourth-order valence-electron chi connectivity index (χ4n) is 1.73. The molecule has 0 aliphatic carbocycles. The van der Waals surface area contributed by atoms with Crippen LogP contribution >= 0.6 is 22.6 Å². The smallest absolute Gasteiger partial charge is 0.143 e.